The minimum absolute atomic E-state index is 0.0695. The minimum atomic E-state index is -0.505. The summed E-state index contributed by atoms with van der Waals surface area (Å²) in [6.07, 6.45) is 5.08. The molecule has 0 saturated carbocycles. The molecule has 35 heavy (non-hydrogen) atoms. The Balaban J connectivity index is 1.53. The molecule has 0 aliphatic carbocycles. The van der Waals surface area contributed by atoms with Crippen LogP contribution in [0.15, 0.2) is 41.5 Å². The zero-order valence-electron chi connectivity index (χ0n) is 19.4. The van der Waals surface area contributed by atoms with Crippen molar-refractivity contribution in [3.8, 4) is 11.3 Å². The first kappa shape index (κ1) is 22.2. The molecule has 3 aromatic heterocycles. The number of morpholine rings is 1. The fourth-order valence-electron chi connectivity index (χ4n) is 5.03. The molecule has 5 heterocycles. The number of pyridine rings is 1. The molecule has 6 rings (SSSR count). The zero-order chi connectivity index (χ0) is 24.3. The van der Waals surface area contributed by atoms with Crippen molar-refractivity contribution in [2.75, 3.05) is 24.6 Å². The van der Waals surface area contributed by atoms with E-state index >= 15 is 4.39 Å². The summed E-state index contributed by atoms with van der Waals surface area (Å²) in [4.78, 5) is 25.3. The van der Waals surface area contributed by atoms with Crippen molar-refractivity contribution < 1.29 is 9.13 Å². The first-order valence-electron chi connectivity index (χ1n) is 11.7. The number of benzene rings is 1. The first-order chi connectivity index (χ1) is 16.9. The van der Waals surface area contributed by atoms with Gasteiger partial charge in [-0.1, -0.05) is 11.6 Å². The highest BCUT2D eigenvalue weighted by Crippen LogP contribution is 2.34. The molecular weight excluding hydrogens is 471 g/mol. The normalized spacial score (nSPS) is 19.9. The van der Waals surface area contributed by atoms with Gasteiger partial charge in [-0.2, -0.15) is 5.10 Å². The molecule has 10 heteroatoms. The summed E-state index contributed by atoms with van der Waals surface area (Å²) in [5, 5.41) is 4.98. The number of hydrogen-bond acceptors (Lipinski definition) is 6. The maximum absolute atomic E-state index is 15.1. The van der Waals surface area contributed by atoms with Crippen molar-refractivity contribution in [2.24, 2.45) is 7.05 Å². The molecule has 2 aliphatic heterocycles. The Kier molecular flexibility index (Phi) is 5.34. The lowest BCUT2D eigenvalue weighted by Crippen LogP contribution is -2.39. The summed E-state index contributed by atoms with van der Waals surface area (Å²) in [5.74, 6) is 0.793. The maximum atomic E-state index is 15.1. The number of rotatable bonds is 3. The summed E-state index contributed by atoms with van der Waals surface area (Å²) in [6, 6.07) is 6.32. The number of aromatic nitrogens is 5. The lowest BCUT2D eigenvalue weighted by atomic mass is 10.1. The van der Waals surface area contributed by atoms with Gasteiger partial charge < -0.3 is 9.64 Å². The number of ether oxygens (including phenoxy) is 1. The number of fused-ring (bicyclic) bond motifs is 2. The van der Waals surface area contributed by atoms with Gasteiger partial charge >= 0.3 is 0 Å². The average molecular weight is 495 g/mol. The van der Waals surface area contributed by atoms with Gasteiger partial charge in [-0.25, -0.2) is 14.4 Å². The van der Waals surface area contributed by atoms with Crippen molar-refractivity contribution in [3.05, 3.63) is 69.2 Å². The van der Waals surface area contributed by atoms with Gasteiger partial charge in [-0.15, -0.1) is 0 Å². The Hall–Kier alpha value is -3.30. The molecule has 0 spiro atoms. The fraction of sp³-hybridized carbons (Fsp3) is 0.360. The highest BCUT2D eigenvalue weighted by Gasteiger charge is 2.28. The standard InChI is InChI=1S/C25H24ClFN6O2/c1-14-3-6-21-29-24-18(25(34)33(14)21)10-22(30-23(24)17-5-4-16(26)9-19(17)27)32-7-8-35-20(13-32)15-11-28-31(2)12-15/h4-5,9-12,14,20H,3,6-8,13H2,1-2H3/t14?,20-/m1/s1. The Bertz CT molecular complexity index is 1520. The molecule has 8 nitrogen and oxygen atoms in total. The monoisotopic (exact) mass is 494 g/mol. The van der Waals surface area contributed by atoms with E-state index in [1.165, 1.54) is 6.07 Å². The van der Waals surface area contributed by atoms with Gasteiger partial charge in [-0.3, -0.25) is 14.0 Å². The summed E-state index contributed by atoms with van der Waals surface area (Å²) >= 11 is 6.01. The van der Waals surface area contributed by atoms with Gasteiger partial charge in [0.15, 0.2) is 0 Å². The van der Waals surface area contributed by atoms with Crippen LogP contribution in [0.25, 0.3) is 22.2 Å². The van der Waals surface area contributed by atoms with Crippen LogP contribution in [0.1, 0.15) is 36.9 Å². The van der Waals surface area contributed by atoms with Crippen LogP contribution < -0.4 is 10.5 Å². The van der Waals surface area contributed by atoms with Crippen LogP contribution in [0.4, 0.5) is 10.2 Å². The Morgan fingerprint density at radius 2 is 2.09 bits per heavy atom. The summed E-state index contributed by atoms with van der Waals surface area (Å²) < 4.78 is 24.6. The van der Waals surface area contributed by atoms with Gasteiger partial charge in [0, 0.05) is 54.9 Å². The SMILES string of the molecule is CC1CCc2nc3c(-c4ccc(Cl)cc4F)nc(N4CCO[C@@H](c5cnn(C)c5)C4)cc3c(=O)n21. The third-order valence-corrected chi connectivity index (χ3v) is 7.08. The number of anilines is 1. The molecule has 4 aromatic rings. The summed E-state index contributed by atoms with van der Waals surface area (Å²) in [6.45, 7) is 3.63. The second kappa shape index (κ2) is 8.42. The van der Waals surface area contributed by atoms with Crippen LogP contribution in [0, 0.1) is 5.82 Å². The van der Waals surface area contributed by atoms with Crippen molar-refractivity contribution in [3.63, 3.8) is 0 Å². The van der Waals surface area contributed by atoms with Crippen LogP contribution in [-0.4, -0.2) is 44.0 Å². The van der Waals surface area contributed by atoms with Gasteiger partial charge in [0.05, 0.1) is 18.2 Å². The smallest absolute Gasteiger partial charge is 0.261 e. The predicted molar refractivity (Wildman–Crippen MR) is 131 cm³/mol. The molecule has 0 bridgehead atoms. The molecule has 1 saturated heterocycles. The fourth-order valence-corrected chi connectivity index (χ4v) is 5.18. The largest absolute Gasteiger partial charge is 0.370 e. The molecule has 180 valence electrons. The number of hydrogen-bond donors (Lipinski definition) is 0. The third kappa shape index (κ3) is 3.79. The van der Waals surface area contributed by atoms with Crippen molar-refractivity contribution in [1.82, 2.24) is 24.3 Å². The molecule has 0 N–H and O–H groups in total. The average Bonchev–Trinajstić information content (AvgIpc) is 3.45. The second-order valence-electron chi connectivity index (χ2n) is 9.19. The number of nitrogens with zero attached hydrogens (tertiary/aromatic N) is 6. The lowest BCUT2D eigenvalue weighted by Gasteiger charge is -2.33. The first-order valence-corrected chi connectivity index (χ1v) is 12.0. The second-order valence-corrected chi connectivity index (χ2v) is 9.63. The number of halogens is 2. The molecule has 1 aromatic carbocycles. The van der Waals surface area contributed by atoms with Gasteiger partial charge in [0.25, 0.3) is 5.56 Å². The van der Waals surface area contributed by atoms with Crippen LogP contribution in [-0.2, 0) is 18.2 Å². The molecule has 1 unspecified atom stereocenters. The van der Waals surface area contributed by atoms with E-state index in [4.69, 9.17) is 26.3 Å². The van der Waals surface area contributed by atoms with Crippen molar-refractivity contribution in [2.45, 2.75) is 31.9 Å². The van der Waals surface area contributed by atoms with Gasteiger partial charge in [0.2, 0.25) is 0 Å². The highest BCUT2D eigenvalue weighted by molar-refractivity contribution is 6.30. The van der Waals surface area contributed by atoms with Crippen molar-refractivity contribution >= 4 is 28.3 Å². The highest BCUT2D eigenvalue weighted by atomic mass is 35.5. The van der Waals surface area contributed by atoms with E-state index in [-0.39, 0.29) is 23.3 Å². The van der Waals surface area contributed by atoms with Crippen LogP contribution >= 0.6 is 11.6 Å². The Morgan fingerprint density at radius 1 is 1.23 bits per heavy atom. The maximum Gasteiger partial charge on any atom is 0.261 e. The Morgan fingerprint density at radius 3 is 2.86 bits per heavy atom. The summed E-state index contributed by atoms with van der Waals surface area (Å²) in [7, 11) is 1.86. The molecule has 0 radical (unpaired) electrons. The van der Waals surface area contributed by atoms with E-state index in [0.29, 0.717) is 59.4 Å². The molecular formula is C25H24ClFN6O2. The Labute approximate surface area is 205 Å². The lowest BCUT2D eigenvalue weighted by molar-refractivity contribution is 0.0395. The van der Waals surface area contributed by atoms with E-state index in [1.807, 2.05) is 20.2 Å². The van der Waals surface area contributed by atoms with E-state index in [9.17, 15) is 4.79 Å². The van der Waals surface area contributed by atoms with Crippen LogP contribution in [0.3, 0.4) is 0 Å². The van der Waals surface area contributed by atoms with E-state index < -0.39 is 5.82 Å². The quantitative estimate of drug-likeness (QED) is 0.427. The summed E-state index contributed by atoms with van der Waals surface area (Å²) in [5.41, 5.74) is 1.87. The molecule has 1 fully saturated rings. The topological polar surface area (TPSA) is 78.1 Å². The minimum Gasteiger partial charge on any atom is -0.370 e. The third-order valence-electron chi connectivity index (χ3n) is 6.85. The van der Waals surface area contributed by atoms with E-state index in [0.717, 1.165) is 12.0 Å². The van der Waals surface area contributed by atoms with Crippen LogP contribution in [0.5, 0.6) is 0 Å². The van der Waals surface area contributed by atoms with Crippen molar-refractivity contribution in [1.29, 1.82) is 0 Å². The number of aryl methyl sites for hydroxylation is 2. The molecule has 2 atom stereocenters. The van der Waals surface area contributed by atoms with Gasteiger partial charge in [-0.05, 0) is 37.6 Å². The van der Waals surface area contributed by atoms with E-state index in [2.05, 4.69) is 10.00 Å². The van der Waals surface area contributed by atoms with Gasteiger partial charge in [0.1, 0.15) is 34.8 Å². The van der Waals surface area contributed by atoms with E-state index in [1.54, 1.807) is 33.6 Å². The zero-order valence-corrected chi connectivity index (χ0v) is 20.2. The molecule has 0 amide bonds. The predicted octanol–water partition coefficient (Wildman–Crippen LogP) is 4.07. The van der Waals surface area contributed by atoms with Crippen LogP contribution in [0.2, 0.25) is 5.02 Å². The molecule has 2 aliphatic rings.